The first-order valence-electron chi connectivity index (χ1n) is 10.6. The molecule has 4 aromatic rings. The summed E-state index contributed by atoms with van der Waals surface area (Å²) in [6, 6.07) is 23.5. The number of rotatable bonds is 6. The number of aromatic hydroxyl groups is 2. The predicted octanol–water partition coefficient (Wildman–Crippen LogP) is 2.28. The van der Waals surface area contributed by atoms with Crippen LogP contribution in [0.4, 0.5) is 0 Å². The number of hydrazone groups is 2. The summed E-state index contributed by atoms with van der Waals surface area (Å²) < 4.78 is 0. The number of nitrogens with one attached hydrogen (secondary N) is 2. The van der Waals surface area contributed by atoms with E-state index in [-0.39, 0.29) is 28.4 Å². The maximum atomic E-state index is 11.6. The monoisotopic (exact) mass is 500 g/mol. The van der Waals surface area contributed by atoms with Gasteiger partial charge in [-0.1, -0.05) is 36.4 Å². The molecule has 2 amide bonds. The summed E-state index contributed by atoms with van der Waals surface area (Å²) >= 11 is 0. The van der Waals surface area contributed by atoms with Crippen molar-refractivity contribution < 1.29 is 25.3 Å². The van der Waals surface area contributed by atoms with Crippen molar-refractivity contribution in [3.05, 3.63) is 120 Å². The quantitative estimate of drug-likeness (QED) is 0.233. The molecular formula is C26H24N6O5. The molecule has 2 heterocycles. The van der Waals surface area contributed by atoms with Gasteiger partial charge in [-0.05, 0) is 48.5 Å². The molecular weight excluding hydrogens is 476 g/mol. The molecule has 4 rings (SSSR count). The molecule has 37 heavy (non-hydrogen) atoms. The van der Waals surface area contributed by atoms with Crippen LogP contribution < -0.4 is 10.9 Å². The lowest BCUT2D eigenvalue weighted by Crippen LogP contribution is -2.18. The largest absolute Gasteiger partial charge is 0.507 e. The molecule has 0 atom stereocenters. The van der Waals surface area contributed by atoms with E-state index in [9.17, 15) is 19.8 Å². The Balaban J connectivity index is 0.000000253. The second-order valence-electron chi connectivity index (χ2n) is 6.95. The van der Waals surface area contributed by atoms with E-state index < -0.39 is 11.8 Å². The Morgan fingerprint density at radius 3 is 1.35 bits per heavy atom. The van der Waals surface area contributed by atoms with Crippen LogP contribution in [0.15, 0.2) is 108 Å². The number of hydrogen-bond acceptors (Lipinski definition) is 8. The highest BCUT2D eigenvalue weighted by Gasteiger charge is 2.04. The lowest BCUT2D eigenvalue weighted by molar-refractivity contribution is 0.0942. The van der Waals surface area contributed by atoms with Gasteiger partial charge in [-0.15, -0.1) is 0 Å². The van der Waals surface area contributed by atoms with Crippen molar-refractivity contribution >= 4 is 24.2 Å². The van der Waals surface area contributed by atoms with E-state index in [1.54, 1.807) is 84.9 Å². The molecule has 0 saturated carbocycles. The van der Waals surface area contributed by atoms with Crippen LogP contribution in [0.5, 0.6) is 11.5 Å². The summed E-state index contributed by atoms with van der Waals surface area (Å²) in [5, 5.41) is 26.5. The van der Waals surface area contributed by atoms with Crippen molar-refractivity contribution in [3.8, 4) is 11.5 Å². The van der Waals surface area contributed by atoms with Gasteiger partial charge in [0.25, 0.3) is 11.8 Å². The second-order valence-corrected chi connectivity index (χ2v) is 6.95. The van der Waals surface area contributed by atoms with Crippen LogP contribution in [-0.4, -0.2) is 49.9 Å². The number of hydrogen-bond donors (Lipinski definition) is 4. The van der Waals surface area contributed by atoms with E-state index in [4.69, 9.17) is 0 Å². The number of carbonyl (C=O) groups is 2. The summed E-state index contributed by atoms with van der Waals surface area (Å²) in [6.45, 7) is 0. The maximum Gasteiger partial charge on any atom is 0.289 e. The van der Waals surface area contributed by atoms with Gasteiger partial charge in [-0.2, -0.15) is 10.2 Å². The van der Waals surface area contributed by atoms with Crippen LogP contribution in [0.3, 0.4) is 0 Å². The van der Waals surface area contributed by atoms with Gasteiger partial charge in [0.1, 0.15) is 22.9 Å². The number of phenols is 2. The van der Waals surface area contributed by atoms with Gasteiger partial charge in [0.05, 0.1) is 12.4 Å². The normalized spacial score (nSPS) is 10.2. The molecule has 0 aliphatic carbocycles. The first kappa shape index (κ1) is 27.8. The molecule has 0 aliphatic heterocycles. The van der Waals surface area contributed by atoms with E-state index in [1.807, 2.05) is 0 Å². The highest BCUT2D eigenvalue weighted by atomic mass is 16.3. The third-order valence-electron chi connectivity index (χ3n) is 4.41. The number of benzene rings is 2. The molecule has 0 saturated heterocycles. The number of nitrogens with zero attached hydrogens (tertiary/aromatic N) is 4. The van der Waals surface area contributed by atoms with Gasteiger partial charge >= 0.3 is 0 Å². The SMILES string of the molecule is O.O=C(N/N=C/c1ccccc1O)c1ccccn1.O=C(N/N=C/c1ccccc1O)c1ccccn1. The highest BCUT2D eigenvalue weighted by molar-refractivity contribution is 5.94. The van der Waals surface area contributed by atoms with Gasteiger partial charge in [-0.3, -0.25) is 19.6 Å². The Morgan fingerprint density at radius 1 is 0.622 bits per heavy atom. The summed E-state index contributed by atoms with van der Waals surface area (Å²) in [5.41, 5.74) is 6.28. The van der Waals surface area contributed by atoms with Crippen LogP contribution in [-0.2, 0) is 0 Å². The van der Waals surface area contributed by atoms with Gasteiger partial charge in [-0.25, -0.2) is 10.9 Å². The zero-order chi connectivity index (χ0) is 25.6. The molecule has 6 N–H and O–H groups in total. The fourth-order valence-corrected chi connectivity index (χ4v) is 2.62. The lowest BCUT2D eigenvalue weighted by atomic mass is 10.2. The third kappa shape index (κ3) is 9.03. The summed E-state index contributed by atoms with van der Waals surface area (Å²) in [4.78, 5) is 30.9. The molecule has 188 valence electrons. The number of phenolic OH excluding ortho intramolecular Hbond substituents is 2. The molecule has 2 aromatic carbocycles. The average Bonchev–Trinajstić information content (AvgIpc) is 2.92. The van der Waals surface area contributed by atoms with E-state index in [2.05, 4.69) is 31.0 Å². The lowest BCUT2D eigenvalue weighted by Gasteiger charge is -1.99. The van der Waals surface area contributed by atoms with Crippen LogP contribution in [0.1, 0.15) is 32.1 Å². The number of amides is 2. The molecule has 11 nitrogen and oxygen atoms in total. The second kappa shape index (κ2) is 14.8. The minimum absolute atomic E-state index is 0. The van der Waals surface area contributed by atoms with Gasteiger partial charge < -0.3 is 15.7 Å². The van der Waals surface area contributed by atoms with Gasteiger partial charge in [0.15, 0.2) is 0 Å². The summed E-state index contributed by atoms with van der Waals surface area (Å²) in [7, 11) is 0. The highest BCUT2D eigenvalue weighted by Crippen LogP contribution is 2.13. The first-order valence-corrected chi connectivity index (χ1v) is 10.6. The predicted molar refractivity (Wildman–Crippen MR) is 138 cm³/mol. The Bertz CT molecular complexity index is 1240. The van der Waals surface area contributed by atoms with E-state index >= 15 is 0 Å². The van der Waals surface area contributed by atoms with Crippen LogP contribution in [0.25, 0.3) is 0 Å². The van der Waals surface area contributed by atoms with E-state index in [0.717, 1.165) is 0 Å². The zero-order valence-corrected chi connectivity index (χ0v) is 19.4. The molecule has 2 aromatic heterocycles. The Hall–Kier alpha value is -5.42. The number of pyridine rings is 2. The van der Waals surface area contributed by atoms with Crippen LogP contribution in [0, 0.1) is 0 Å². The average molecular weight is 501 g/mol. The minimum atomic E-state index is -0.401. The Labute approximate surface area is 212 Å². The van der Waals surface area contributed by atoms with Crippen molar-refractivity contribution in [2.45, 2.75) is 0 Å². The van der Waals surface area contributed by atoms with Crippen molar-refractivity contribution in [2.75, 3.05) is 0 Å². The Kier molecular flexibility index (Phi) is 11.1. The molecule has 11 heteroatoms. The number of aromatic nitrogens is 2. The Morgan fingerprint density at radius 2 is 1.00 bits per heavy atom. The molecule has 0 radical (unpaired) electrons. The number of para-hydroxylation sites is 2. The molecule has 0 bridgehead atoms. The van der Waals surface area contributed by atoms with Gasteiger partial charge in [0, 0.05) is 23.5 Å². The smallest absolute Gasteiger partial charge is 0.289 e. The van der Waals surface area contributed by atoms with Crippen molar-refractivity contribution in [2.24, 2.45) is 10.2 Å². The molecule has 0 fully saturated rings. The third-order valence-corrected chi connectivity index (χ3v) is 4.41. The van der Waals surface area contributed by atoms with Crippen molar-refractivity contribution in [1.82, 2.24) is 20.8 Å². The fraction of sp³-hybridized carbons (Fsp3) is 0. The fourth-order valence-electron chi connectivity index (χ4n) is 2.62. The van der Waals surface area contributed by atoms with Gasteiger partial charge in [0.2, 0.25) is 0 Å². The topological polar surface area (TPSA) is 181 Å². The standard InChI is InChI=1S/2C13H11N3O2.H2O/c2*17-12-7-2-1-5-10(12)9-15-16-13(18)11-6-3-4-8-14-11;/h2*1-9,17H,(H,16,18);1H2/b2*15-9+;. The molecule has 0 spiro atoms. The molecule has 0 unspecified atom stereocenters. The van der Waals surface area contributed by atoms with Crippen LogP contribution in [0.2, 0.25) is 0 Å². The minimum Gasteiger partial charge on any atom is -0.507 e. The number of carbonyl (C=O) groups excluding carboxylic acids is 2. The zero-order valence-electron chi connectivity index (χ0n) is 19.4. The van der Waals surface area contributed by atoms with Crippen molar-refractivity contribution in [1.29, 1.82) is 0 Å². The summed E-state index contributed by atoms with van der Waals surface area (Å²) in [6.07, 6.45) is 5.80. The maximum absolute atomic E-state index is 11.6. The van der Waals surface area contributed by atoms with Crippen molar-refractivity contribution in [3.63, 3.8) is 0 Å². The van der Waals surface area contributed by atoms with E-state index in [0.29, 0.717) is 11.1 Å². The van der Waals surface area contributed by atoms with E-state index in [1.165, 1.54) is 24.8 Å². The summed E-state index contributed by atoms with van der Waals surface area (Å²) in [5.74, 6) is -0.591. The van der Waals surface area contributed by atoms with Crippen LogP contribution >= 0.6 is 0 Å². The molecule has 0 aliphatic rings. The first-order chi connectivity index (χ1) is 17.5.